The molecule has 0 atom stereocenters. The molecule has 6 nitrogen and oxygen atoms in total. The van der Waals surface area contributed by atoms with E-state index >= 15 is 0 Å². The van der Waals surface area contributed by atoms with Gasteiger partial charge in [-0.2, -0.15) is 0 Å². The zero-order valence-corrected chi connectivity index (χ0v) is 17.4. The Morgan fingerprint density at radius 3 is 1.93 bits per heavy atom. The molecule has 0 spiro atoms. The maximum atomic E-state index is 9.10. The summed E-state index contributed by atoms with van der Waals surface area (Å²) in [7, 11) is 0. The number of piperazine rings is 1. The van der Waals surface area contributed by atoms with Gasteiger partial charge >= 0.3 is 11.9 Å². The third-order valence-electron chi connectivity index (χ3n) is 5.31. The summed E-state index contributed by atoms with van der Waals surface area (Å²) >= 11 is 0. The summed E-state index contributed by atoms with van der Waals surface area (Å²) in [5.41, 5.74) is 7.09. The van der Waals surface area contributed by atoms with E-state index in [2.05, 4.69) is 73.0 Å². The van der Waals surface area contributed by atoms with E-state index in [0.717, 1.165) is 39.1 Å². The molecule has 2 aromatic carbocycles. The lowest BCUT2D eigenvalue weighted by molar-refractivity contribution is -0.159. The fourth-order valence-electron chi connectivity index (χ4n) is 3.36. The zero-order valence-electron chi connectivity index (χ0n) is 17.4. The van der Waals surface area contributed by atoms with Crippen molar-refractivity contribution < 1.29 is 19.8 Å². The largest absolute Gasteiger partial charge is 0.473 e. The van der Waals surface area contributed by atoms with Gasteiger partial charge in [0.25, 0.3) is 0 Å². The van der Waals surface area contributed by atoms with Gasteiger partial charge in [0.15, 0.2) is 0 Å². The second-order valence-electron chi connectivity index (χ2n) is 7.26. The van der Waals surface area contributed by atoms with Crippen LogP contribution in [-0.2, 0) is 22.6 Å². The summed E-state index contributed by atoms with van der Waals surface area (Å²) in [6.45, 7) is 12.3. The van der Waals surface area contributed by atoms with Crippen LogP contribution in [0.3, 0.4) is 0 Å². The van der Waals surface area contributed by atoms with Crippen LogP contribution >= 0.6 is 0 Å². The highest BCUT2D eigenvalue weighted by molar-refractivity contribution is 6.27. The Bertz CT molecular complexity index is 813. The first-order valence-electron chi connectivity index (χ1n) is 9.89. The van der Waals surface area contributed by atoms with Crippen molar-refractivity contribution in [1.82, 2.24) is 4.90 Å². The Labute approximate surface area is 172 Å². The number of hydrogen-bond donors (Lipinski definition) is 2. The molecule has 29 heavy (non-hydrogen) atoms. The minimum absolute atomic E-state index is 1.07. The first kappa shape index (κ1) is 22.4. The molecule has 1 aliphatic rings. The number of carbonyl (C=O) groups is 2. The number of aryl methyl sites for hydroxylation is 2. The van der Waals surface area contributed by atoms with Gasteiger partial charge in [0.05, 0.1) is 0 Å². The summed E-state index contributed by atoms with van der Waals surface area (Å²) in [6, 6.07) is 15.8. The lowest BCUT2D eigenvalue weighted by atomic mass is 10.1. The summed E-state index contributed by atoms with van der Waals surface area (Å²) < 4.78 is 0. The van der Waals surface area contributed by atoms with Crippen LogP contribution < -0.4 is 4.90 Å². The second kappa shape index (κ2) is 10.6. The van der Waals surface area contributed by atoms with Crippen LogP contribution in [0.15, 0.2) is 42.5 Å². The number of benzene rings is 2. The van der Waals surface area contributed by atoms with Crippen molar-refractivity contribution in [1.29, 1.82) is 0 Å². The molecule has 6 heteroatoms. The number of anilines is 1. The molecule has 0 saturated carbocycles. The van der Waals surface area contributed by atoms with Crippen LogP contribution in [-0.4, -0.2) is 53.2 Å². The molecule has 1 fully saturated rings. The predicted octanol–water partition coefficient (Wildman–Crippen LogP) is 3.34. The van der Waals surface area contributed by atoms with Gasteiger partial charge in [-0.15, -0.1) is 0 Å². The van der Waals surface area contributed by atoms with Gasteiger partial charge in [-0.25, -0.2) is 9.59 Å². The molecule has 2 N–H and O–H groups in total. The lowest BCUT2D eigenvalue weighted by Gasteiger charge is -2.37. The summed E-state index contributed by atoms with van der Waals surface area (Å²) in [5, 5.41) is 14.8. The third-order valence-corrected chi connectivity index (χ3v) is 5.31. The van der Waals surface area contributed by atoms with E-state index in [-0.39, 0.29) is 0 Å². The van der Waals surface area contributed by atoms with Crippen LogP contribution in [0.5, 0.6) is 0 Å². The fourth-order valence-corrected chi connectivity index (χ4v) is 3.36. The zero-order chi connectivity index (χ0) is 21.4. The van der Waals surface area contributed by atoms with Gasteiger partial charge in [-0.1, -0.05) is 43.3 Å². The number of carboxylic acids is 2. The van der Waals surface area contributed by atoms with E-state index in [9.17, 15) is 0 Å². The highest BCUT2D eigenvalue weighted by Gasteiger charge is 2.18. The third kappa shape index (κ3) is 6.61. The summed E-state index contributed by atoms with van der Waals surface area (Å²) in [5.74, 6) is -3.65. The first-order valence-corrected chi connectivity index (χ1v) is 9.89. The molecular formula is C23H30N2O4. The van der Waals surface area contributed by atoms with Gasteiger partial charge < -0.3 is 15.1 Å². The standard InChI is InChI=1S/C21H28N2.C2H2O4/c1-4-19-8-10-20(11-9-19)16-22-12-14-23(15-13-22)21-7-5-6-17(2)18(21)3;3-1(4)2(5)6/h5-11H,4,12-16H2,1-3H3;(H,3,4)(H,5,6). The molecule has 0 aromatic heterocycles. The van der Waals surface area contributed by atoms with Crippen molar-refractivity contribution >= 4 is 17.6 Å². The number of rotatable bonds is 4. The topological polar surface area (TPSA) is 81.1 Å². The highest BCUT2D eigenvalue weighted by Crippen LogP contribution is 2.24. The quantitative estimate of drug-likeness (QED) is 0.769. The minimum atomic E-state index is -1.82. The van der Waals surface area contributed by atoms with Gasteiger partial charge in [0, 0.05) is 38.4 Å². The molecule has 0 unspecified atom stereocenters. The first-order chi connectivity index (χ1) is 13.8. The van der Waals surface area contributed by atoms with Crippen molar-refractivity contribution in [3.05, 3.63) is 64.7 Å². The van der Waals surface area contributed by atoms with Crippen LogP contribution in [0.2, 0.25) is 0 Å². The monoisotopic (exact) mass is 398 g/mol. The molecule has 3 rings (SSSR count). The molecule has 1 aliphatic heterocycles. The second-order valence-corrected chi connectivity index (χ2v) is 7.26. The number of nitrogens with zero attached hydrogens (tertiary/aromatic N) is 2. The lowest BCUT2D eigenvalue weighted by Crippen LogP contribution is -2.46. The van der Waals surface area contributed by atoms with Gasteiger partial charge in [-0.3, -0.25) is 4.90 Å². The van der Waals surface area contributed by atoms with E-state index < -0.39 is 11.9 Å². The van der Waals surface area contributed by atoms with E-state index in [1.54, 1.807) is 0 Å². The summed E-state index contributed by atoms with van der Waals surface area (Å²) in [6.07, 6.45) is 1.12. The Morgan fingerprint density at radius 1 is 0.862 bits per heavy atom. The fraction of sp³-hybridized carbons (Fsp3) is 0.391. The Kier molecular flexibility index (Phi) is 8.21. The molecule has 0 aliphatic carbocycles. The van der Waals surface area contributed by atoms with Crippen molar-refractivity contribution in [3.8, 4) is 0 Å². The average molecular weight is 399 g/mol. The maximum absolute atomic E-state index is 9.10. The normalized spacial score (nSPS) is 14.1. The molecular weight excluding hydrogens is 368 g/mol. The number of hydrogen-bond acceptors (Lipinski definition) is 4. The number of aliphatic carboxylic acids is 2. The van der Waals surface area contributed by atoms with E-state index in [1.807, 2.05) is 0 Å². The van der Waals surface area contributed by atoms with E-state index in [0.29, 0.717) is 0 Å². The smallest absolute Gasteiger partial charge is 0.414 e. The predicted molar refractivity (Wildman–Crippen MR) is 114 cm³/mol. The minimum Gasteiger partial charge on any atom is -0.473 e. The molecule has 1 heterocycles. The van der Waals surface area contributed by atoms with Crippen LogP contribution in [0.1, 0.15) is 29.2 Å². The van der Waals surface area contributed by atoms with E-state index in [1.165, 1.54) is 27.9 Å². The van der Waals surface area contributed by atoms with Crippen LogP contribution in [0, 0.1) is 13.8 Å². The van der Waals surface area contributed by atoms with Crippen LogP contribution in [0.4, 0.5) is 5.69 Å². The molecule has 1 saturated heterocycles. The molecule has 156 valence electrons. The Morgan fingerprint density at radius 2 is 1.41 bits per heavy atom. The van der Waals surface area contributed by atoms with Crippen molar-refractivity contribution in [2.75, 3.05) is 31.1 Å². The maximum Gasteiger partial charge on any atom is 0.414 e. The molecule has 0 radical (unpaired) electrons. The van der Waals surface area contributed by atoms with Crippen molar-refractivity contribution in [2.45, 2.75) is 33.7 Å². The van der Waals surface area contributed by atoms with Crippen molar-refractivity contribution in [2.24, 2.45) is 0 Å². The van der Waals surface area contributed by atoms with Gasteiger partial charge in [-0.05, 0) is 48.6 Å². The molecule has 0 bridgehead atoms. The SMILES string of the molecule is CCc1ccc(CN2CCN(c3cccc(C)c3C)CC2)cc1.O=C(O)C(=O)O. The summed E-state index contributed by atoms with van der Waals surface area (Å²) in [4.78, 5) is 23.3. The van der Waals surface area contributed by atoms with Gasteiger partial charge in [0.1, 0.15) is 0 Å². The number of carboxylic acid groups (broad SMARTS) is 2. The molecule has 2 aromatic rings. The van der Waals surface area contributed by atoms with E-state index in [4.69, 9.17) is 19.8 Å². The average Bonchev–Trinajstić information content (AvgIpc) is 2.72. The Balaban J connectivity index is 0.000000438. The van der Waals surface area contributed by atoms with Crippen LogP contribution in [0.25, 0.3) is 0 Å². The Hall–Kier alpha value is -2.86. The van der Waals surface area contributed by atoms with Crippen molar-refractivity contribution in [3.63, 3.8) is 0 Å². The van der Waals surface area contributed by atoms with Gasteiger partial charge in [0.2, 0.25) is 0 Å². The molecule has 0 amide bonds. The highest BCUT2D eigenvalue weighted by atomic mass is 16.4.